The lowest BCUT2D eigenvalue weighted by atomic mass is 9.84. The molecule has 0 spiro atoms. The molecule has 3 rings (SSSR count). The van der Waals surface area contributed by atoms with Gasteiger partial charge in [-0.2, -0.15) is 0 Å². The average Bonchev–Trinajstić information content (AvgIpc) is 2.62. The highest BCUT2D eigenvalue weighted by Crippen LogP contribution is 2.37. The Morgan fingerprint density at radius 1 is 1.09 bits per heavy atom. The molecule has 0 aliphatic carbocycles. The zero-order valence-corrected chi connectivity index (χ0v) is 13.5. The maximum atomic E-state index is 12.3. The van der Waals surface area contributed by atoms with E-state index in [4.69, 9.17) is 4.74 Å². The third-order valence-electron chi connectivity index (χ3n) is 4.61. The zero-order chi connectivity index (χ0) is 16.1. The average molecular weight is 309 g/mol. The lowest BCUT2D eigenvalue weighted by Gasteiger charge is -2.40. The minimum absolute atomic E-state index is 0.0811. The molecule has 0 radical (unpaired) electrons. The lowest BCUT2D eigenvalue weighted by molar-refractivity contribution is -0.150. The summed E-state index contributed by atoms with van der Waals surface area (Å²) < 4.78 is 5.07. The molecule has 2 atom stereocenters. The highest BCUT2D eigenvalue weighted by Gasteiger charge is 2.37. The maximum absolute atomic E-state index is 12.3. The van der Waals surface area contributed by atoms with Gasteiger partial charge >= 0.3 is 5.97 Å². The number of ether oxygens (including phenoxy) is 1. The Morgan fingerprint density at radius 2 is 1.74 bits per heavy atom. The number of carbonyl (C=O) groups excluding carboxylic acids is 1. The number of piperidine rings is 1. The summed E-state index contributed by atoms with van der Waals surface area (Å²) in [4.78, 5) is 14.7. The van der Waals surface area contributed by atoms with Crippen molar-refractivity contribution in [3.63, 3.8) is 0 Å². The first-order chi connectivity index (χ1) is 11.3. The van der Waals surface area contributed by atoms with Crippen LogP contribution in [0.4, 0.5) is 0 Å². The Balaban J connectivity index is 1.90. The van der Waals surface area contributed by atoms with Gasteiger partial charge in [0.05, 0.1) is 13.0 Å². The summed E-state index contributed by atoms with van der Waals surface area (Å²) in [6.07, 6.45) is 1.91. The van der Waals surface area contributed by atoms with Gasteiger partial charge in [-0.3, -0.25) is 9.69 Å². The van der Waals surface area contributed by atoms with Gasteiger partial charge in [0, 0.05) is 12.6 Å². The van der Waals surface area contributed by atoms with E-state index >= 15 is 0 Å². The summed E-state index contributed by atoms with van der Waals surface area (Å²) in [6.45, 7) is 1.86. The van der Waals surface area contributed by atoms with E-state index in [-0.39, 0.29) is 17.9 Å². The SMILES string of the molecule is COC(=O)[C@H]1CCCN(Cc2ccccc2)[C@@H]1c1ccccc1. The molecular weight excluding hydrogens is 286 g/mol. The second kappa shape index (κ2) is 7.42. The van der Waals surface area contributed by atoms with Crippen LogP contribution in [-0.2, 0) is 16.1 Å². The monoisotopic (exact) mass is 309 g/mol. The Labute approximate surface area is 137 Å². The molecule has 120 valence electrons. The van der Waals surface area contributed by atoms with Crippen molar-refractivity contribution in [2.24, 2.45) is 5.92 Å². The number of hydrogen-bond donors (Lipinski definition) is 0. The third kappa shape index (κ3) is 3.62. The smallest absolute Gasteiger partial charge is 0.310 e. The lowest BCUT2D eigenvalue weighted by Crippen LogP contribution is -2.41. The van der Waals surface area contributed by atoms with E-state index < -0.39 is 0 Å². The Bertz CT molecular complexity index is 627. The van der Waals surface area contributed by atoms with Crippen molar-refractivity contribution in [2.45, 2.75) is 25.4 Å². The number of carbonyl (C=O) groups is 1. The van der Waals surface area contributed by atoms with E-state index in [1.807, 2.05) is 24.3 Å². The molecule has 0 amide bonds. The quantitative estimate of drug-likeness (QED) is 0.804. The summed E-state index contributed by atoms with van der Waals surface area (Å²) in [5.41, 5.74) is 2.47. The zero-order valence-electron chi connectivity index (χ0n) is 13.5. The van der Waals surface area contributed by atoms with Gasteiger partial charge in [-0.1, -0.05) is 60.7 Å². The van der Waals surface area contributed by atoms with Crippen LogP contribution in [0.25, 0.3) is 0 Å². The first-order valence-electron chi connectivity index (χ1n) is 8.20. The van der Waals surface area contributed by atoms with Crippen molar-refractivity contribution >= 4 is 5.97 Å². The number of esters is 1. The molecule has 3 heteroatoms. The molecule has 0 N–H and O–H groups in total. The number of benzene rings is 2. The first kappa shape index (κ1) is 15.8. The summed E-state index contributed by atoms with van der Waals surface area (Å²) in [5, 5.41) is 0. The van der Waals surface area contributed by atoms with Gasteiger partial charge in [-0.25, -0.2) is 0 Å². The van der Waals surface area contributed by atoms with Crippen LogP contribution in [0.5, 0.6) is 0 Å². The largest absolute Gasteiger partial charge is 0.469 e. The van der Waals surface area contributed by atoms with E-state index in [2.05, 4.69) is 41.3 Å². The molecule has 1 aliphatic heterocycles. The van der Waals surface area contributed by atoms with Gasteiger partial charge in [0.15, 0.2) is 0 Å². The Morgan fingerprint density at radius 3 is 2.39 bits per heavy atom. The fraction of sp³-hybridized carbons (Fsp3) is 0.350. The fourth-order valence-corrected chi connectivity index (χ4v) is 3.55. The van der Waals surface area contributed by atoms with E-state index in [1.165, 1.54) is 18.2 Å². The molecule has 1 saturated heterocycles. The van der Waals surface area contributed by atoms with Gasteiger partial charge in [-0.05, 0) is 30.5 Å². The van der Waals surface area contributed by atoms with Crippen LogP contribution < -0.4 is 0 Å². The van der Waals surface area contributed by atoms with Crippen LogP contribution in [0.3, 0.4) is 0 Å². The summed E-state index contributed by atoms with van der Waals surface area (Å²) in [5.74, 6) is -0.198. The molecule has 0 saturated carbocycles. The Hall–Kier alpha value is -2.13. The second-order valence-electron chi connectivity index (χ2n) is 6.08. The topological polar surface area (TPSA) is 29.5 Å². The van der Waals surface area contributed by atoms with Crippen LogP contribution in [0.15, 0.2) is 60.7 Å². The van der Waals surface area contributed by atoms with Crippen molar-refractivity contribution < 1.29 is 9.53 Å². The van der Waals surface area contributed by atoms with E-state index in [0.29, 0.717) is 0 Å². The minimum Gasteiger partial charge on any atom is -0.469 e. The number of methoxy groups -OCH3 is 1. The van der Waals surface area contributed by atoms with Crippen LogP contribution in [0.2, 0.25) is 0 Å². The van der Waals surface area contributed by atoms with Crippen LogP contribution >= 0.6 is 0 Å². The molecular formula is C20H23NO2. The molecule has 1 aliphatic rings. The van der Waals surface area contributed by atoms with Crippen molar-refractivity contribution in [2.75, 3.05) is 13.7 Å². The van der Waals surface area contributed by atoms with Gasteiger partial charge < -0.3 is 4.74 Å². The molecule has 1 fully saturated rings. The molecule has 0 aromatic heterocycles. The molecule has 2 aromatic rings. The summed E-state index contributed by atoms with van der Waals surface area (Å²) in [6, 6.07) is 20.9. The summed E-state index contributed by atoms with van der Waals surface area (Å²) in [7, 11) is 1.49. The maximum Gasteiger partial charge on any atom is 0.310 e. The van der Waals surface area contributed by atoms with Gasteiger partial charge in [0.1, 0.15) is 0 Å². The van der Waals surface area contributed by atoms with Crippen molar-refractivity contribution in [3.8, 4) is 0 Å². The first-order valence-corrected chi connectivity index (χ1v) is 8.20. The van der Waals surface area contributed by atoms with Gasteiger partial charge in [0.25, 0.3) is 0 Å². The molecule has 3 nitrogen and oxygen atoms in total. The predicted octanol–water partition coefficient (Wildman–Crippen LogP) is 3.81. The fourth-order valence-electron chi connectivity index (χ4n) is 3.55. The third-order valence-corrected chi connectivity index (χ3v) is 4.61. The minimum atomic E-state index is -0.100. The highest BCUT2D eigenvalue weighted by atomic mass is 16.5. The second-order valence-corrected chi connectivity index (χ2v) is 6.08. The van der Waals surface area contributed by atoms with Crippen molar-refractivity contribution in [1.82, 2.24) is 4.90 Å². The predicted molar refractivity (Wildman–Crippen MR) is 90.8 cm³/mol. The molecule has 23 heavy (non-hydrogen) atoms. The molecule has 0 bridgehead atoms. The van der Waals surface area contributed by atoms with E-state index in [1.54, 1.807) is 0 Å². The molecule has 2 aromatic carbocycles. The van der Waals surface area contributed by atoms with Crippen LogP contribution in [-0.4, -0.2) is 24.5 Å². The molecule has 0 unspecified atom stereocenters. The number of nitrogens with zero attached hydrogens (tertiary/aromatic N) is 1. The van der Waals surface area contributed by atoms with Gasteiger partial charge in [-0.15, -0.1) is 0 Å². The highest BCUT2D eigenvalue weighted by molar-refractivity contribution is 5.73. The standard InChI is InChI=1S/C20H23NO2/c1-23-20(22)18-13-8-14-21(15-16-9-4-2-5-10-16)19(18)17-11-6-3-7-12-17/h2-7,9-12,18-19H,8,13-15H2,1H3/t18-,19+/m0/s1. The van der Waals surface area contributed by atoms with Crippen LogP contribution in [0, 0.1) is 5.92 Å². The Kier molecular flexibility index (Phi) is 5.09. The van der Waals surface area contributed by atoms with Crippen LogP contribution in [0.1, 0.15) is 30.0 Å². The number of hydrogen-bond acceptors (Lipinski definition) is 3. The van der Waals surface area contributed by atoms with E-state index in [9.17, 15) is 4.79 Å². The number of rotatable bonds is 4. The number of likely N-dealkylation sites (tertiary alicyclic amines) is 1. The van der Waals surface area contributed by atoms with Crippen molar-refractivity contribution in [1.29, 1.82) is 0 Å². The van der Waals surface area contributed by atoms with Gasteiger partial charge in [0.2, 0.25) is 0 Å². The summed E-state index contributed by atoms with van der Waals surface area (Å²) >= 11 is 0. The van der Waals surface area contributed by atoms with E-state index in [0.717, 1.165) is 25.9 Å². The normalized spacial score (nSPS) is 21.8. The molecule has 1 heterocycles. The van der Waals surface area contributed by atoms with Crippen molar-refractivity contribution in [3.05, 3.63) is 71.8 Å².